The second kappa shape index (κ2) is 12.0. The zero-order valence-electron chi connectivity index (χ0n) is 21.6. The van der Waals surface area contributed by atoms with Gasteiger partial charge in [-0.2, -0.15) is 18.3 Å². The number of aliphatic carboxylic acids is 1. The maximum absolute atomic E-state index is 14.3. The van der Waals surface area contributed by atoms with Crippen LogP contribution in [0.1, 0.15) is 84.8 Å². The van der Waals surface area contributed by atoms with Crippen LogP contribution in [0.5, 0.6) is 0 Å². The minimum atomic E-state index is -5.07. The summed E-state index contributed by atoms with van der Waals surface area (Å²) >= 11 is 12.0. The van der Waals surface area contributed by atoms with Crippen molar-refractivity contribution in [1.29, 1.82) is 0 Å². The number of aromatic nitrogens is 3. The highest BCUT2D eigenvalue weighted by molar-refractivity contribution is 6.39. The van der Waals surface area contributed by atoms with Gasteiger partial charge < -0.3 is 10.0 Å². The molecule has 0 saturated heterocycles. The zero-order chi connectivity index (χ0) is 30.0. The topological polar surface area (TPSA) is 105 Å². The van der Waals surface area contributed by atoms with Crippen LogP contribution in [0.2, 0.25) is 10.0 Å². The molecule has 0 aromatic carbocycles. The molecule has 220 valence electrons. The van der Waals surface area contributed by atoms with Crippen molar-refractivity contribution in [2.24, 2.45) is 5.41 Å². The molecule has 15 heteroatoms. The third-order valence-corrected chi connectivity index (χ3v) is 7.81. The summed E-state index contributed by atoms with van der Waals surface area (Å²) in [4.78, 5) is 42.3. The summed E-state index contributed by atoms with van der Waals surface area (Å²) in [7, 11) is 0. The second-order valence-corrected chi connectivity index (χ2v) is 10.8. The molecule has 8 nitrogen and oxygen atoms in total. The standard InChI is InChI=1S/C25H27Cl2F5N4O4/c1-3-24(28,29)8-9-35(13-18(37)19-16(26)11-33-12-17(19)27)21(38)15-10-34-36(20(15)25(30,31)32)14-4-6-23(2,7-5-14)22(39)40/h10-12,14H,3-9,13H2,1-2H3,(H,39,40)/t14-,23-. The second-order valence-electron chi connectivity index (χ2n) is 10.0. The van der Waals surface area contributed by atoms with Crippen LogP contribution >= 0.6 is 23.2 Å². The SMILES string of the molecule is CCC(F)(F)CCN(CC(=O)c1c(Cl)cncc1Cl)C(=O)c1cnn([C@H]2CC[C@](C)(C(=O)O)CC2)c1C(F)(F)F. The van der Waals surface area contributed by atoms with Crippen molar-refractivity contribution < 1.29 is 41.4 Å². The first-order chi connectivity index (χ1) is 18.5. The Morgan fingerprint density at radius 3 is 2.17 bits per heavy atom. The summed E-state index contributed by atoms with van der Waals surface area (Å²) in [6.07, 6.45) is -3.38. The number of carbonyl (C=O) groups is 3. The monoisotopic (exact) mass is 612 g/mol. The number of pyridine rings is 1. The van der Waals surface area contributed by atoms with Gasteiger partial charge >= 0.3 is 12.1 Å². The number of halogens is 7. The highest BCUT2D eigenvalue weighted by Gasteiger charge is 2.45. The Bertz CT molecular complexity index is 1260. The van der Waals surface area contributed by atoms with Gasteiger partial charge in [-0.3, -0.25) is 24.0 Å². The molecule has 1 aliphatic rings. The first-order valence-corrected chi connectivity index (χ1v) is 13.1. The van der Waals surface area contributed by atoms with E-state index >= 15 is 0 Å². The summed E-state index contributed by atoms with van der Waals surface area (Å²) < 4.78 is 71.8. The van der Waals surface area contributed by atoms with Crippen LogP contribution in [-0.2, 0) is 11.0 Å². The molecule has 1 saturated carbocycles. The van der Waals surface area contributed by atoms with Crippen molar-refractivity contribution >= 4 is 40.9 Å². The van der Waals surface area contributed by atoms with Gasteiger partial charge in [0.1, 0.15) is 0 Å². The molecule has 1 aliphatic carbocycles. The van der Waals surface area contributed by atoms with Gasteiger partial charge in [0.25, 0.3) is 5.91 Å². The van der Waals surface area contributed by atoms with Crippen molar-refractivity contribution in [2.45, 2.75) is 70.5 Å². The van der Waals surface area contributed by atoms with Crippen LogP contribution in [-0.4, -0.2) is 61.4 Å². The van der Waals surface area contributed by atoms with Crippen molar-refractivity contribution in [3.63, 3.8) is 0 Å². The van der Waals surface area contributed by atoms with Crippen molar-refractivity contribution in [3.05, 3.63) is 45.5 Å². The van der Waals surface area contributed by atoms with E-state index in [4.69, 9.17) is 23.2 Å². The zero-order valence-corrected chi connectivity index (χ0v) is 23.1. The fraction of sp³-hybridized carbons (Fsp3) is 0.560. The molecule has 2 aromatic rings. The minimum absolute atomic E-state index is 0.0607. The smallest absolute Gasteiger partial charge is 0.433 e. The third kappa shape index (κ3) is 6.91. The van der Waals surface area contributed by atoms with Crippen LogP contribution in [0.3, 0.4) is 0 Å². The molecule has 0 aliphatic heterocycles. The number of carboxylic acid groups (broad SMARTS) is 1. The molecule has 1 N–H and O–H groups in total. The van der Waals surface area contributed by atoms with Gasteiger partial charge in [-0.25, -0.2) is 8.78 Å². The fourth-order valence-electron chi connectivity index (χ4n) is 4.60. The predicted octanol–water partition coefficient (Wildman–Crippen LogP) is 6.57. The molecule has 0 bridgehead atoms. The van der Waals surface area contributed by atoms with Gasteiger partial charge in [0.05, 0.1) is 45.4 Å². The summed E-state index contributed by atoms with van der Waals surface area (Å²) in [5.74, 6) is -6.52. The Morgan fingerprint density at radius 2 is 1.68 bits per heavy atom. The quantitative estimate of drug-likeness (QED) is 0.240. The Labute approximate surface area is 236 Å². The number of rotatable bonds is 10. The largest absolute Gasteiger partial charge is 0.481 e. The van der Waals surface area contributed by atoms with E-state index in [0.717, 1.165) is 12.4 Å². The lowest BCUT2D eigenvalue weighted by Gasteiger charge is -2.34. The average molecular weight is 613 g/mol. The first-order valence-electron chi connectivity index (χ1n) is 12.4. The van der Waals surface area contributed by atoms with Crippen LogP contribution in [0, 0.1) is 5.41 Å². The van der Waals surface area contributed by atoms with Gasteiger partial charge in [-0.05, 0) is 32.6 Å². The van der Waals surface area contributed by atoms with Gasteiger partial charge in [0.2, 0.25) is 5.92 Å². The number of carbonyl (C=O) groups excluding carboxylic acids is 2. The molecule has 0 atom stereocenters. The number of carboxylic acids is 1. The van der Waals surface area contributed by atoms with Gasteiger partial charge in [0, 0.05) is 31.8 Å². The van der Waals surface area contributed by atoms with Gasteiger partial charge in [-0.15, -0.1) is 0 Å². The van der Waals surface area contributed by atoms with Crippen LogP contribution in [0.25, 0.3) is 0 Å². The number of amides is 1. The Hall–Kier alpha value is -2.80. The van der Waals surface area contributed by atoms with Crippen molar-refractivity contribution in [1.82, 2.24) is 19.7 Å². The van der Waals surface area contributed by atoms with E-state index in [-0.39, 0.29) is 41.3 Å². The van der Waals surface area contributed by atoms with Crippen molar-refractivity contribution in [3.8, 4) is 0 Å². The van der Waals surface area contributed by atoms with Gasteiger partial charge in [0.15, 0.2) is 11.5 Å². The van der Waals surface area contributed by atoms with Gasteiger partial charge in [-0.1, -0.05) is 30.1 Å². The van der Waals surface area contributed by atoms with E-state index in [0.29, 0.717) is 15.8 Å². The molecular weight excluding hydrogens is 586 g/mol. The number of ketones is 1. The lowest BCUT2D eigenvalue weighted by Crippen LogP contribution is -2.40. The maximum atomic E-state index is 14.3. The molecule has 0 unspecified atom stereocenters. The van der Waals surface area contributed by atoms with E-state index < -0.39 is 78.4 Å². The first kappa shape index (κ1) is 31.7. The number of nitrogens with zero attached hydrogens (tertiary/aromatic N) is 4. The average Bonchev–Trinajstić information content (AvgIpc) is 3.32. The fourth-order valence-corrected chi connectivity index (χ4v) is 5.18. The molecule has 1 amide bonds. The lowest BCUT2D eigenvalue weighted by molar-refractivity contribution is -0.152. The summed E-state index contributed by atoms with van der Waals surface area (Å²) in [6.45, 7) is 1.09. The van der Waals surface area contributed by atoms with E-state index in [1.165, 1.54) is 13.8 Å². The summed E-state index contributed by atoms with van der Waals surface area (Å²) in [5, 5.41) is 12.9. The summed E-state index contributed by atoms with van der Waals surface area (Å²) in [5.41, 5.74) is -3.67. The number of hydrogen-bond acceptors (Lipinski definition) is 5. The van der Waals surface area contributed by atoms with Crippen LogP contribution in [0.15, 0.2) is 18.6 Å². The lowest BCUT2D eigenvalue weighted by atomic mass is 9.74. The van der Waals surface area contributed by atoms with E-state index in [1.807, 2.05) is 0 Å². The Kier molecular flexibility index (Phi) is 9.50. The van der Waals surface area contributed by atoms with Crippen molar-refractivity contribution in [2.75, 3.05) is 13.1 Å². The normalized spacial score (nSPS) is 19.9. The molecule has 40 heavy (non-hydrogen) atoms. The number of hydrogen-bond donors (Lipinski definition) is 1. The number of Topliss-reactive ketones (excluding diaryl/α,β-unsaturated/α-hetero) is 1. The van der Waals surface area contributed by atoms with Crippen LogP contribution < -0.4 is 0 Å². The number of alkyl halides is 5. The molecule has 2 aromatic heterocycles. The van der Waals surface area contributed by atoms with E-state index in [2.05, 4.69) is 10.1 Å². The Balaban J connectivity index is 1.98. The Morgan fingerprint density at radius 1 is 1.10 bits per heavy atom. The van der Waals surface area contributed by atoms with Crippen LogP contribution in [0.4, 0.5) is 22.0 Å². The molecule has 2 heterocycles. The molecule has 0 spiro atoms. The maximum Gasteiger partial charge on any atom is 0.433 e. The third-order valence-electron chi connectivity index (χ3n) is 7.23. The minimum Gasteiger partial charge on any atom is -0.481 e. The van der Waals surface area contributed by atoms with E-state index in [9.17, 15) is 41.4 Å². The predicted molar refractivity (Wildman–Crippen MR) is 135 cm³/mol. The summed E-state index contributed by atoms with van der Waals surface area (Å²) in [6, 6.07) is -0.848. The highest BCUT2D eigenvalue weighted by Crippen LogP contribution is 2.43. The molecule has 3 rings (SSSR count). The van der Waals surface area contributed by atoms with E-state index in [1.54, 1.807) is 0 Å². The molecular formula is C25H27Cl2F5N4O4. The molecule has 1 fully saturated rings. The molecule has 0 radical (unpaired) electrons. The highest BCUT2D eigenvalue weighted by atomic mass is 35.5.